The van der Waals surface area contributed by atoms with E-state index in [1.54, 1.807) is 12.1 Å². The summed E-state index contributed by atoms with van der Waals surface area (Å²) < 4.78 is 11.4. The van der Waals surface area contributed by atoms with Crippen LogP contribution in [0.1, 0.15) is 18.4 Å². The van der Waals surface area contributed by atoms with Gasteiger partial charge in [0.2, 0.25) is 0 Å². The maximum atomic E-state index is 8.96. The number of rotatable bonds is 5. The standard InChI is InChI=1S/C15H17Cl2NO3S/c16-10-6-12(17)11(13(7-10)20-5-3-19)8-18-9-22-14-2-1-4-21-15(14)18/h6-7,19H,1-5,8-9H2. The van der Waals surface area contributed by atoms with E-state index in [-0.39, 0.29) is 13.2 Å². The number of halogens is 2. The number of aliphatic hydroxyl groups excluding tert-OH is 1. The van der Waals surface area contributed by atoms with Gasteiger partial charge in [0.15, 0.2) is 5.88 Å². The van der Waals surface area contributed by atoms with E-state index in [1.807, 2.05) is 11.8 Å². The van der Waals surface area contributed by atoms with Gasteiger partial charge in [-0.15, -0.1) is 11.8 Å². The van der Waals surface area contributed by atoms with Crippen LogP contribution in [0.4, 0.5) is 0 Å². The normalized spacial score (nSPS) is 17.5. The summed E-state index contributed by atoms with van der Waals surface area (Å²) in [6.07, 6.45) is 2.16. The van der Waals surface area contributed by atoms with Crippen molar-refractivity contribution in [1.82, 2.24) is 4.90 Å². The molecule has 4 nitrogen and oxygen atoms in total. The van der Waals surface area contributed by atoms with Crippen LogP contribution in [0.15, 0.2) is 22.9 Å². The van der Waals surface area contributed by atoms with Crippen molar-refractivity contribution in [3.05, 3.63) is 38.5 Å². The third-order valence-electron chi connectivity index (χ3n) is 3.52. The summed E-state index contributed by atoms with van der Waals surface area (Å²) in [5.41, 5.74) is 0.864. The van der Waals surface area contributed by atoms with Crippen molar-refractivity contribution in [2.45, 2.75) is 19.4 Å². The topological polar surface area (TPSA) is 41.9 Å². The van der Waals surface area contributed by atoms with Crippen LogP contribution in [0.25, 0.3) is 0 Å². The van der Waals surface area contributed by atoms with Gasteiger partial charge in [-0.1, -0.05) is 23.2 Å². The number of benzene rings is 1. The molecule has 0 bridgehead atoms. The highest BCUT2D eigenvalue weighted by atomic mass is 35.5. The van der Waals surface area contributed by atoms with Crippen molar-refractivity contribution < 1.29 is 14.6 Å². The smallest absolute Gasteiger partial charge is 0.200 e. The Morgan fingerprint density at radius 3 is 3.05 bits per heavy atom. The van der Waals surface area contributed by atoms with Crippen molar-refractivity contribution in [2.24, 2.45) is 0 Å². The first kappa shape index (κ1) is 16.1. The van der Waals surface area contributed by atoms with E-state index >= 15 is 0 Å². The second-order valence-electron chi connectivity index (χ2n) is 5.09. The minimum atomic E-state index is -0.0540. The van der Waals surface area contributed by atoms with Crippen LogP contribution in [0.3, 0.4) is 0 Å². The molecule has 0 amide bonds. The SMILES string of the molecule is OCCOc1cc(Cl)cc(Cl)c1CN1CSC2=C1OCCC2. The Morgan fingerprint density at radius 2 is 2.23 bits per heavy atom. The molecule has 0 saturated carbocycles. The van der Waals surface area contributed by atoms with Crippen LogP contribution in [-0.4, -0.2) is 35.7 Å². The Hall–Kier alpha value is -0.750. The van der Waals surface area contributed by atoms with Crippen LogP contribution < -0.4 is 4.74 Å². The summed E-state index contributed by atoms with van der Waals surface area (Å²) in [6.45, 7) is 1.52. The van der Waals surface area contributed by atoms with Gasteiger partial charge in [-0.25, -0.2) is 0 Å². The molecule has 0 radical (unpaired) electrons. The molecule has 2 aliphatic heterocycles. The van der Waals surface area contributed by atoms with E-state index in [0.29, 0.717) is 22.3 Å². The van der Waals surface area contributed by atoms with Gasteiger partial charge in [0.25, 0.3) is 0 Å². The lowest BCUT2D eigenvalue weighted by Gasteiger charge is -2.25. The predicted molar refractivity (Wildman–Crippen MR) is 89.3 cm³/mol. The number of nitrogens with zero attached hydrogens (tertiary/aromatic N) is 1. The number of thioether (sulfide) groups is 1. The molecular weight excluding hydrogens is 345 g/mol. The molecule has 0 aliphatic carbocycles. The fraction of sp³-hybridized carbons (Fsp3) is 0.467. The maximum absolute atomic E-state index is 8.96. The van der Waals surface area contributed by atoms with E-state index in [4.69, 9.17) is 37.8 Å². The summed E-state index contributed by atoms with van der Waals surface area (Å²) in [5.74, 6) is 2.43. The molecule has 7 heteroatoms. The number of hydrogen-bond acceptors (Lipinski definition) is 5. The van der Waals surface area contributed by atoms with Gasteiger partial charge >= 0.3 is 0 Å². The average Bonchev–Trinajstić information content (AvgIpc) is 2.91. The molecule has 0 saturated heterocycles. The molecule has 1 aromatic rings. The zero-order valence-corrected chi connectivity index (χ0v) is 14.3. The molecule has 2 heterocycles. The van der Waals surface area contributed by atoms with Gasteiger partial charge in [0.05, 0.1) is 30.7 Å². The largest absolute Gasteiger partial charge is 0.491 e. The molecule has 2 aliphatic rings. The van der Waals surface area contributed by atoms with E-state index in [1.165, 1.54) is 4.91 Å². The fourth-order valence-corrected chi connectivity index (χ4v) is 4.19. The Kier molecular flexibility index (Phi) is 5.29. The van der Waals surface area contributed by atoms with E-state index in [9.17, 15) is 0 Å². The predicted octanol–water partition coefficient (Wildman–Crippen LogP) is 3.85. The lowest BCUT2D eigenvalue weighted by molar-refractivity contribution is 0.108. The summed E-state index contributed by atoms with van der Waals surface area (Å²) in [4.78, 5) is 3.48. The molecular formula is C15H17Cl2NO3S. The molecule has 0 spiro atoms. The molecule has 0 fully saturated rings. The van der Waals surface area contributed by atoms with Gasteiger partial charge in [-0.05, 0) is 25.0 Å². The van der Waals surface area contributed by atoms with Gasteiger partial charge in [-0.2, -0.15) is 0 Å². The van der Waals surface area contributed by atoms with Gasteiger partial charge in [0, 0.05) is 15.5 Å². The zero-order valence-electron chi connectivity index (χ0n) is 12.0. The van der Waals surface area contributed by atoms with Gasteiger partial charge < -0.3 is 19.5 Å². The van der Waals surface area contributed by atoms with Gasteiger partial charge in [-0.3, -0.25) is 0 Å². The van der Waals surface area contributed by atoms with Crippen LogP contribution in [0, 0.1) is 0 Å². The first-order valence-electron chi connectivity index (χ1n) is 7.14. The number of hydrogen-bond donors (Lipinski definition) is 1. The fourth-order valence-electron chi connectivity index (χ4n) is 2.53. The second kappa shape index (κ2) is 7.21. The third kappa shape index (κ3) is 3.43. The van der Waals surface area contributed by atoms with Crippen LogP contribution in [0.5, 0.6) is 5.75 Å². The molecule has 1 aromatic carbocycles. The van der Waals surface area contributed by atoms with Gasteiger partial charge in [0.1, 0.15) is 12.4 Å². The molecule has 0 atom stereocenters. The first-order valence-corrected chi connectivity index (χ1v) is 8.88. The lowest BCUT2D eigenvalue weighted by atomic mass is 10.2. The highest BCUT2D eigenvalue weighted by Gasteiger charge is 2.28. The van der Waals surface area contributed by atoms with Crippen molar-refractivity contribution in [2.75, 3.05) is 25.7 Å². The summed E-state index contributed by atoms with van der Waals surface area (Å²) >= 11 is 14.2. The molecule has 0 aromatic heterocycles. The van der Waals surface area contributed by atoms with E-state index in [0.717, 1.165) is 36.8 Å². The second-order valence-corrected chi connectivity index (χ2v) is 6.97. The number of allylic oxidation sites excluding steroid dienone is 1. The zero-order chi connectivity index (χ0) is 15.5. The highest BCUT2D eigenvalue weighted by molar-refractivity contribution is 8.03. The molecule has 0 unspecified atom stereocenters. The van der Waals surface area contributed by atoms with E-state index in [2.05, 4.69) is 4.90 Å². The summed E-state index contributed by atoms with van der Waals surface area (Å²) in [7, 11) is 0. The summed E-state index contributed by atoms with van der Waals surface area (Å²) in [5, 5.41) is 10.0. The Morgan fingerprint density at radius 1 is 1.36 bits per heavy atom. The van der Waals surface area contributed by atoms with Crippen molar-refractivity contribution in [3.8, 4) is 5.75 Å². The minimum absolute atomic E-state index is 0.0540. The highest BCUT2D eigenvalue weighted by Crippen LogP contribution is 2.41. The van der Waals surface area contributed by atoms with Crippen molar-refractivity contribution in [1.29, 1.82) is 0 Å². The molecule has 22 heavy (non-hydrogen) atoms. The number of aliphatic hydroxyl groups is 1. The Balaban J connectivity index is 1.84. The quantitative estimate of drug-likeness (QED) is 0.862. The molecule has 1 N–H and O–H groups in total. The van der Waals surface area contributed by atoms with Crippen LogP contribution in [-0.2, 0) is 11.3 Å². The summed E-state index contributed by atoms with van der Waals surface area (Å²) in [6, 6.07) is 3.45. The van der Waals surface area contributed by atoms with Crippen LogP contribution >= 0.6 is 35.0 Å². The van der Waals surface area contributed by atoms with E-state index < -0.39 is 0 Å². The van der Waals surface area contributed by atoms with Crippen molar-refractivity contribution in [3.63, 3.8) is 0 Å². The van der Waals surface area contributed by atoms with Crippen LogP contribution in [0.2, 0.25) is 10.0 Å². The maximum Gasteiger partial charge on any atom is 0.200 e. The minimum Gasteiger partial charge on any atom is -0.491 e. The molecule has 120 valence electrons. The molecule has 3 rings (SSSR count). The lowest BCUT2D eigenvalue weighted by Crippen LogP contribution is -2.22. The first-order chi connectivity index (χ1) is 10.7. The van der Waals surface area contributed by atoms with Crippen molar-refractivity contribution >= 4 is 35.0 Å². The Bertz CT molecular complexity index is 594. The average molecular weight is 362 g/mol. The number of ether oxygens (including phenoxy) is 2. The Labute approximate surface area is 144 Å². The third-order valence-corrected chi connectivity index (χ3v) is 5.25. The monoisotopic (exact) mass is 361 g/mol.